The van der Waals surface area contributed by atoms with E-state index in [0.717, 1.165) is 0 Å². The van der Waals surface area contributed by atoms with Gasteiger partial charge in [-0.1, -0.05) is 17.7 Å². The highest BCUT2D eigenvalue weighted by atomic mass is 35.5. The molecule has 0 saturated carbocycles. The molecule has 3 rings (SSSR count). The predicted octanol–water partition coefficient (Wildman–Crippen LogP) is 2.23. The van der Waals surface area contributed by atoms with Crippen LogP contribution in [0.5, 0.6) is 5.88 Å². The van der Waals surface area contributed by atoms with Crippen LogP contribution in [0.25, 0.3) is 0 Å². The van der Waals surface area contributed by atoms with Crippen molar-refractivity contribution in [3.8, 4) is 11.9 Å². The fourth-order valence-electron chi connectivity index (χ4n) is 2.64. The van der Waals surface area contributed by atoms with E-state index in [1.165, 1.54) is 28.8 Å². The van der Waals surface area contributed by atoms with Crippen molar-refractivity contribution in [1.29, 1.82) is 5.26 Å². The number of nitrogens with zero attached hydrogens (tertiary/aromatic N) is 4. The summed E-state index contributed by atoms with van der Waals surface area (Å²) in [6.07, 6.45) is 3.75. The monoisotopic (exact) mass is 378 g/mol. The Balaban J connectivity index is 1.78. The number of benzene rings is 1. The second kappa shape index (κ2) is 7.35. The Morgan fingerprint density at radius 1 is 1.32 bits per heavy atom. The maximum absolute atomic E-state index is 12.8. The molecule has 1 saturated heterocycles. The van der Waals surface area contributed by atoms with Gasteiger partial charge in [0.15, 0.2) is 0 Å². The number of aromatic nitrogens is 2. The van der Waals surface area contributed by atoms with E-state index in [-0.39, 0.29) is 23.0 Å². The number of rotatable bonds is 4. The highest BCUT2D eigenvalue weighted by Crippen LogP contribution is 2.25. The molecule has 7 nitrogen and oxygen atoms in total. The van der Waals surface area contributed by atoms with Crippen molar-refractivity contribution >= 4 is 21.6 Å². The van der Waals surface area contributed by atoms with E-state index in [9.17, 15) is 8.42 Å². The van der Waals surface area contributed by atoms with Gasteiger partial charge in [0.05, 0.1) is 11.4 Å². The highest BCUT2D eigenvalue weighted by molar-refractivity contribution is 7.89. The van der Waals surface area contributed by atoms with E-state index < -0.39 is 16.1 Å². The summed E-state index contributed by atoms with van der Waals surface area (Å²) in [7, 11) is -3.66. The van der Waals surface area contributed by atoms with Gasteiger partial charge in [-0.25, -0.2) is 18.4 Å². The zero-order valence-electron chi connectivity index (χ0n) is 13.2. The summed E-state index contributed by atoms with van der Waals surface area (Å²) in [5.74, 6) is 0.122. The van der Waals surface area contributed by atoms with Crippen LogP contribution in [0, 0.1) is 11.3 Å². The predicted molar refractivity (Wildman–Crippen MR) is 90.6 cm³/mol. The molecule has 25 heavy (non-hydrogen) atoms. The molecule has 0 spiro atoms. The van der Waals surface area contributed by atoms with Crippen LogP contribution < -0.4 is 4.74 Å². The third-order valence-electron chi connectivity index (χ3n) is 3.82. The van der Waals surface area contributed by atoms with E-state index in [2.05, 4.69) is 9.97 Å². The molecule has 1 aromatic carbocycles. The van der Waals surface area contributed by atoms with Crippen molar-refractivity contribution in [3.05, 3.63) is 47.4 Å². The largest absolute Gasteiger partial charge is 0.471 e. The van der Waals surface area contributed by atoms with Crippen LogP contribution in [0.15, 0.2) is 41.6 Å². The smallest absolute Gasteiger partial charge is 0.251 e. The Morgan fingerprint density at radius 2 is 2.12 bits per heavy atom. The van der Waals surface area contributed by atoms with Crippen LogP contribution in [-0.4, -0.2) is 41.9 Å². The van der Waals surface area contributed by atoms with Crippen molar-refractivity contribution < 1.29 is 13.2 Å². The van der Waals surface area contributed by atoms with Gasteiger partial charge in [0.1, 0.15) is 12.2 Å². The lowest BCUT2D eigenvalue weighted by atomic mass is 10.1. The van der Waals surface area contributed by atoms with Gasteiger partial charge >= 0.3 is 0 Å². The average Bonchev–Trinajstić information content (AvgIpc) is 2.62. The van der Waals surface area contributed by atoms with Crippen LogP contribution in [-0.2, 0) is 10.0 Å². The quantitative estimate of drug-likeness (QED) is 0.809. The van der Waals surface area contributed by atoms with E-state index in [0.29, 0.717) is 24.4 Å². The third kappa shape index (κ3) is 3.90. The third-order valence-corrected chi connectivity index (χ3v) is 5.92. The first kappa shape index (κ1) is 17.6. The van der Waals surface area contributed by atoms with Crippen molar-refractivity contribution in [1.82, 2.24) is 14.3 Å². The van der Waals surface area contributed by atoms with E-state index in [1.54, 1.807) is 12.1 Å². The van der Waals surface area contributed by atoms with Gasteiger partial charge < -0.3 is 4.74 Å². The van der Waals surface area contributed by atoms with Gasteiger partial charge in [0, 0.05) is 24.0 Å². The first-order valence-electron chi connectivity index (χ1n) is 7.64. The maximum atomic E-state index is 12.8. The first-order valence-corrected chi connectivity index (χ1v) is 9.46. The summed E-state index contributed by atoms with van der Waals surface area (Å²) in [6, 6.07) is 8.09. The average molecular weight is 379 g/mol. The number of hydrogen-bond donors (Lipinski definition) is 0. The van der Waals surface area contributed by atoms with Crippen LogP contribution in [0.2, 0.25) is 5.02 Å². The molecule has 1 unspecified atom stereocenters. The maximum Gasteiger partial charge on any atom is 0.251 e. The van der Waals surface area contributed by atoms with E-state index >= 15 is 0 Å². The van der Waals surface area contributed by atoms with Crippen LogP contribution in [0.1, 0.15) is 18.5 Å². The van der Waals surface area contributed by atoms with Gasteiger partial charge in [0.25, 0.3) is 5.88 Å². The fourth-order valence-corrected chi connectivity index (χ4v) is 4.45. The minimum absolute atomic E-state index is 0.0809. The molecule has 0 bridgehead atoms. The molecular weight excluding hydrogens is 364 g/mol. The van der Waals surface area contributed by atoms with Crippen LogP contribution >= 0.6 is 11.6 Å². The molecule has 0 aliphatic carbocycles. The number of sulfonamides is 1. The first-order chi connectivity index (χ1) is 12.0. The van der Waals surface area contributed by atoms with Gasteiger partial charge in [-0.05, 0) is 31.0 Å². The molecule has 0 radical (unpaired) electrons. The minimum Gasteiger partial charge on any atom is -0.471 e. The molecule has 1 atom stereocenters. The molecule has 0 N–H and O–H groups in total. The zero-order chi connectivity index (χ0) is 17.9. The topological polar surface area (TPSA) is 96.2 Å². The van der Waals surface area contributed by atoms with Crippen molar-refractivity contribution in [3.63, 3.8) is 0 Å². The van der Waals surface area contributed by atoms with Gasteiger partial charge in [0.2, 0.25) is 15.7 Å². The van der Waals surface area contributed by atoms with Crippen molar-refractivity contribution in [2.45, 2.75) is 23.8 Å². The number of nitriles is 1. The second-order valence-corrected chi connectivity index (χ2v) is 7.90. The summed E-state index contributed by atoms with van der Waals surface area (Å²) < 4.78 is 32.7. The zero-order valence-corrected chi connectivity index (χ0v) is 14.7. The molecule has 1 aliphatic rings. The van der Waals surface area contributed by atoms with Crippen molar-refractivity contribution in [2.75, 3.05) is 13.1 Å². The summed E-state index contributed by atoms with van der Waals surface area (Å²) in [5.41, 5.74) is 0.0809. The van der Waals surface area contributed by atoms with E-state index in [1.807, 2.05) is 6.07 Å². The molecular formula is C16H15ClN4O3S. The molecule has 1 aromatic heterocycles. The van der Waals surface area contributed by atoms with Gasteiger partial charge in [-0.15, -0.1) is 0 Å². The lowest BCUT2D eigenvalue weighted by Crippen LogP contribution is -2.44. The minimum atomic E-state index is -3.66. The van der Waals surface area contributed by atoms with Crippen molar-refractivity contribution in [2.24, 2.45) is 0 Å². The summed E-state index contributed by atoms with van der Waals surface area (Å²) in [5, 5.41) is 9.42. The fraction of sp³-hybridized carbons (Fsp3) is 0.312. The number of halogens is 1. The van der Waals surface area contributed by atoms with Gasteiger partial charge in [-0.3, -0.25) is 0 Å². The lowest BCUT2D eigenvalue weighted by molar-refractivity contribution is 0.124. The van der Waals surface area contributed by atoms with E-state index in [4.69, 9.17) is 21.6 Å². The normalized spacial score (nSPS) is 18.5. The molecule has 0 amide bonds. The molecule has 9 heteroatoms. The summed E-state index contributed by atoms with van der Waals surface area (Å²) >= 11 is 5.91. The Labute approximate surface area is 150 Å². The Hall–Kier alpha value is -2.21. The molecule has 1 fully saturated rings. The Bertz CT molecular complexity index is 914. The van der Waals surface area contributed by atoms with Crippen LogP contribution in [0.4, 0.5) is 0 Å². The Morgan fingerprint density at radius 3 is 2.88 bits per heavy atom. The Kier molecular flexibility index (Phi) is 5.18. The lowest BCUT2D eigenvalue weighted by Gasteiger charge is -2.31. The number of piperidine rings is 1. The molecule has 2 heterocycles. The SMILES string of the molecule is N#Cc1nccnc1OC1CCCN(S(=O)(=O)c2cccc(Cl)c2)C1. The standard InChI is InChI=1S/C16H15ClN4O3S/c17-12-3-1-5-14(9-12)25(22,23)21-8-2-4-13(11-21)24-16-15(10-18)19-6-7-20-16/h1,3,5-7,9,13H,2,4,8,11H2. The summed E-state index contributed by atoms with van der Waals surface area (Å²) in [6.45, 7) is 0.580. The molecule has 130 valence electrons. The molecule has 1 aliphatic heterocycles. The summed E-state index contributed by atoms with van der Waals surface area (Å²) in [4.78, 5) is 8.05. The second-order valence-electron chi connectivity index (χ2n) is 5.52. The van der Waals surface area contributed by atoms with Gasteiger partial charge in [-0.2, -0.15) is 9.57 Å². The van der Waals surface area contributed by atoms with Crippen LogP contribution in [0.3, 0.4) is 0 Å². The molecule has 2 aromatic rings. The number of hydrogen-bond acceptors (Lipinski definition) is 6. The highest BCUT2D eigenvalue weighted by Gasteiger charge is 2.31. The number of ether oxygens (including phenoxy) is 1.